The molecule has 35 heavy (non-hydrogen) atoms. The summed E-state index contributed by atoms with van der Waals surface area (Å²) in [4.78, 5) is 27.1. The van der Waals surface area contributed by atoms with Crippen LogP contribution in [0.2, 0.25) is 0 Å². The lowest BCUT2D eigenvalue weighted by atomic mass is 9.82. The number of carbonyl (C=O) groups is 2. The molecule has 1 saturated heterocycles. The van der Waals surface area contributed by atoms with Gasteiger partial charge in [-0.25, -0.2) is 4.79 Å². The molecule has 5 rings (SSSR count). The van der Waals surface area contributed by atoms with Crippen LogP contribution in [0.5, 0.6) is 5.75 Å². The van der Waals surface area contributed by atoms with E-state index >= 15 is 0 Å². The first kappa shape index (κ1) is 23.4. The molecule has 184 valence electrons. The summed E-state index contributed by atoms with van der Waals surface area (Å²) in [5, 5.41) is 10.8. The van der Waals surface area contributed by atoms with Gasteiger partial charge in [0.05, 0.1) is 37.1 Å². The number of methoxy groups -OCH3 is 1. The zero-order valence-corrected chi connectivity index (χ0v) is 20.2. The van der Waals surface area contributed by atoms with Crippen molar-refractivity contribution in [2.24, 2.45) is 0 Å². The lowest BCUT2D eigenvalue weighted by molar-refractivity contribution is -0.135. The summed E-state index contributed by atoms with van der Waals surface area (Å²) in [6.07, 6.45) is 5.80. The van der Waals surface area contributed by atoms with Gasteiger partial charge in [0.2, 0.25) is 5.91 Å². The SMILES string of the molecule is COc1ccc(-c2c(C3CCCCC3)c3ccc(C(=O)O)cc3n2CC(=O)N2CCOCC2)cc1. The fourth-order valence-electron chi connectivity index (χ4n) is 5.59. The minimum atomic E-state index is -0.968. The van der Waals surface area contributed by atoms with Crippen LogP contribution in [0.3, 0.4) is 0 Å². The van der Waals surface area contributed by atoms with E-state index in [4.69, 9.17) is 9.47 Å². The van der Waals surface area contributed by atoms with Crippen molar-refractivity contribution in [3.05, 3.63) is 53.6 Å². The van der Waals surface area contributed by atoms with E-state index in [2.05, 4.69) is 0 Å². The maximum absolute atomic E-state index is 13.4. The van der Waals surface area contributed by atoms with Gasteiger partial charge in [-0.05, 0) is 66.3 Å². The molecule has 2 aromatic carbocycles. The maximum Gasteiger partial charge on any atom is 0.335 e. The lowest BCUT2D eigenvalue weighted by Gasteiger charge is -2.28. The largest absolute Gasteiger partial charge is 0.497 e. The van der Waals surface area contributed by atoms with Crippen molar-refractivity contribution in [3.8, 4) is 17.0 Å². The molecular formula is C28H32N2O5. The molecule has 7 heteroatoms. The van der Waals surface area contributed by atoms with Crippen molar-refractivity contribution in [3.63, 3.8) is 0 Å². The molecule has 0 radical (unpaired) electrons. The monoisotopic (exact) mass is 476 g/mol. The highest BCUT2D eigenvalue weighted by atomic mass is 16.5. The third-order valence-electron chi connectivity index (χ3n) is 7.38. The first-order valence-corrected chi connectivity index (χ1v) is 12.5. The Hall–Kier alpha value is -3.32. The Morgan fingerprint density at radius 1 is 1.03 bits per heavy atom. The van der Waals surface area contributed by atoms with Gasteiger partial charge in [-0.2, -0.15) is 0 Å². The molecule has 0 bridgehead atoms. The summed E-state index contributed by atoms with van der Waals surface area (Å²) in [6.45, 7) is 2.39. The van der Waals surface area contributed by atoms with Crippen LogP contribution < -0.4 is 4.74 Å². The highest BCUT2D eigenvalue weighted by Crippen LogP contribution is 2.44. The van der Waals surface area contributed by atoms with E-state index in [1.54, 1.807) is 19.2 Å². The second kappa shape index (κ2) is 10.1. The first-order chi connectivity index (χ1) is 17.1. The summed E-state index contributed by atoms with van der Waals surface area (Å²) >= 11 is 0. The van der Waals surface area contributed by atoms with Gasteiger partial charge in [0, 0.05) is 18.5 Å². The second-order valence-corrected chi connectivity index (χ2v) is 9.44. The predicted molar refractivity (Wildman–Crippen MR) is 134 cm³/mol. The first-order valence-electron chi connectivity index (χ1n) is 12.5. The van der Waals surface area contributed by atoms with Crippen LogP contribution in [0, 0.1) is 0 Å². The van der Waals surface area contributed by atoms with Crippen LogP contribution in [0.25, 0.3) is 22.2 Å². The minimum Gasteiger partial charge on any atom is -0.497 e. The van der Waals surface area contributed by atoms with Gasteiger partial charge in [0.1, 0.15) is 12.3 Å². The van der Waals surface area contributed by atoms with E-state index in [-0.39, 0.29) is 18.0 Å². The highest BCUT2D eigenvalue weighted by Gasteiger charge is 2.29. The average molecular weight is 477 g/mol. The number of amides is 1. The number of nitrogens with zero attached hydrogens (tertiary/aromatic N) is 2. The topological polar surface area (TPSA) is 81.0 Å². The van der Waals surface area contributed by atoms with Crippen molar-refractivity contribution in [1.82, 2.24) is 9.47 Å². The molecule has 3 aromatic rings. The number of benzene rings is 2. The van der Waals surface area contributed by atoms with Crippen LogP contribution in [0.15, 0.2) is 42.5 Å². The van der Waals surface area contributed by atoms with E-state index < -0.39 is 5.97 Å². The van der Waals surface area contributed by atoms with Crippen molar-refractivity contribution in [2.75, 3.05) is 33.4 Å². The Kier molecular flexibility index (Phi) is 6.77. The minimum absolute atomic E-state index is 0.0240. The molecule has 0 atom stereocenters. The van der Waals surface area contributed by atoms with Gasteiger partial charge >= 0.3 is 5.97 Å². The van der Waals surface area contributed by atoms with Gasteiger partial charge < -0.3 is 24.0 Å². The smallest absolute Gasteiger partial charge is 0.335 e. The molecule has 1 amide bonds. The number of carbonyl (C=O) groups excluding carboxylic acids is 1. The number of carboxylic acid groups (broad SMARTS) is 1. The average Bonchev–Trinajstić information content (AvgIpc) is 3.22. The number of rotatable bonds is 6. The van der Waals surface area contributed by atoms with Crippen molar-refractivity contribution >= 4 is 22.8 Å². The molecule has 1 aromatic heterocycles. The van der Waals surface area contributed by atoms with Crippen molar-refractivity contribution in [1.29, 1.82) is 0 Å². The zero-order valence-electron chi connectivity index (χ0n) is 20.2. The molecule has 0 spiro atoms. The van der Waals surface area contributed by atoms with E-state index in [1.165, 1.54) is 24.8 Å². The molecule has 2 heterocycles. The third-order valence-corrected chi connectivity index (χ3v) is 7.38. The predicted octanol–water partition coefficient (Wildman–Crippen LogP) is 4.92. The number of hydrogen-bond donors (Lipinski definition) is 1. The van der Waals surface area contributed by atoms with E-state index in [1.807, 2.05) is 39.8 Å². The number of aromatic nitrogens is 1. The number of carboxylic acids is 1. The molecular weight excluding hydrogens is 444 g/mol. The number of morpholine rings is 1. The summed E-state index contributed by atoms with van der Waals surface area (Å²) in [5.41, 5.74) is 4.29. The van der Waals surface area contributed by atoms with Crippen LogP contribution in [0.4, 0.5) is 0 Å². The Balaban J connectivity index is 1.71. The molecule has 1 saturated carbocycles. The Morgan fingerprint density at radius 3 is 2.40 bits per heavy atom. The van der Waals surface area contributed by atoms with Gasteiger partial charge in [-0.15, -0.1) is 0 Å². The summed E-state index contributed by atoms with van der Waals surface area (Å²) in [5.74, 6) is 0.201. The fourth-order valence-corrected chi connectivity index (χ4v) is 5.59. The standard InChI is InChI=1S/C28H32N2O5/c1-34-22-10-7-20(8-11-22)27-26(19-5-3-2-4-6-19)23-12-9-21(28(32)33)17-24(23)30(27)18-25(31)29-13-15-35-16-14-29/h7-12,17,19H,2-6,13-16,18H2,1H3,(H,32,33). The van der Waals surface area contributed by atoms with E-state index in [9.17, 15) is 14.7 Å². The van der Waals surface area contributed by atoms with Gasteiger partial charge in [0.25, 0.3) is 0 Å². The maximum atomic E-state index is 13.4. The molecule has 1 aliphatic carbocycles. The van der Waals surface area contributed by atoms with Crippen molar-refractivity contribution < 1.29 is 24.2 Å². The third kappa shape index (κ3) is 4.65. The van der Waals surface area contributed by atoms with E-state index in [0.29, 0.717) is 32.2 Å². The fraction of sp³-hybridized carbons (Fsp3) is 0.429. The molecule has 1 N–H and O–H groups in total. The molecule has 2 fully saturated rings. The lowest BCUT2D eigenvalue weighted by Crippen LogP contribution is -2.42. The quantitative estimate of drug-likeness (QED) is 0.546. The van der Waals surface area contributed by atoms with Gasteiger partial charge in [-0.3, -0.25) is 4.79 Å². The van der Waals surface area contributed by atoms with E-state index in [0.717, 1.165) is 40.8 Å². The summed E-state index contributed by atoms with van der Waals surface area (Å²) < 4.78 is 12.9. The van der Waals surface area contributed by atoms with Gasteiger partial charge in [0.15, 0.2) is 0 Å². The number of aromatic carboxylic acids is 1. The van der Waals surface area contributed by atoms with Crippen molar-refractivity contribution in [2.45, 2.75) is 44.6 Å². The normalized spacial score (nSPS) is 17.0. The van der Waals surface area contributed by atoms with Gasteiger partial charge in [-0.1, -0.05) is 25.3 Å². The Morgan fingerprint density at radius 2 is 1.74 bits per heavy atom. The zero-order chi connectivity index (χ0) is 24.4. The Bertz CT molecular complexity index is 1220. The molecule has 0 unspecified atom stereocenters. The summed E-state index contributed by atoms with van der Waals surface area (Å²) in [6, 6.07) is 13.3. The van der Waals surface area contributed by atoms with Crippen LogP contribution in [-0.4, -0.2) is 59.9 Å². The molecule has 2 aliphatic rings. The van der Waals surface area contributed by atoms with Crippen LogP contribution >= 0.6 is 0 Å². The second-order valence-electron chi connectivity index (χ2n) is 9.44. The highest BCUT2D eigenvalue weighted by molar-refractivity contribution is 5.99. The number of fused-ring (bicyclic) bond motifs is 1. The number of hydrogen-bond acceptors (Lipinski definition) is 4. The van der Waals surface area contributed by atoms with Crippen LogP contribution in [0.1, 0.15) is 53.9 Å². The molecule has 1 aliphatic heterocycles. The summed E-state index contributed by atoms with van der Waals surface area (Å²) in [7, 11) is 1.65. The van der Waals surface area contributed by atoms with Crippen LogP contribution in [-0.2, 0) is 16.1 Å². The molecule has 7 nitrogen and oxygen atoms in total. The number of ether oxygens (including phenoxy) is 2. The Labute approximate surface area is 205 Å².